The summed E-state index contributed by atoms with van der Waals surface area (Å²) in [4.78, 5) is 28.7. The summed E-state index contributed by atoms with van der Waals surface area (Å²) < 4.78 is 5.11. The number of hydrogen-bond donors (Lipinski definition) is 0. The van der Waals surface area contributed by atoms with E-state index in [1.54, 1.807) is 26.0 Å². The van der Waals surface area contributed by atoms with Crippen molar-refractivity contribution in [3.63, 3.8) is 0 Å². The van der Waals surface area contributed by atoms with E-state index in [1.807, 2.05) is 78.9 Å². The fourth-order valence-electron chi connectivity index (χ4n) is 3.96. The first kappa shape index (κ1) is 22.4. The Morgan fingerprint density at radius 2 is 1.19 bits per heavy atom. The van der Waals surface area contributed by atoms with E-state index >= 15 is 0 Å². The highest BCUT2D eigenvalue weighted by atomic mass is 16.5. The van der Waals surface area contributed by atoms with Crippen LogP contribution in [0.4, 0.5) is 0 Å². The molecule has 1 atom stereocenters. The number of rotatable bonds is 9. The van der Waals surface area contributed by atoms with Gasteiger partial charge in [-0.3, -0.25) is 14.5 Å². The van der Waals surface area contributed by atoms with Gasteiger partial charge in [0.2, 0.25) is 0 Å². The van der Waals surface area contributed by atoms with Gasteiger partial charge in [0, 0.05) is 18.7 Å². The summed E-state index contributed by atoms with van der Waals surface area (Å²) in [7, 11) is 1.37. The molecule has 3 rings (SSSR count). The molecule has 0 bridgehead atoms. The molecule has 0 heterocycles. The molecule has 0 saturated carbocycles. The Morgan fingerprint density at radius 3 is 1.61 bits per heavy atom. The number of benzene rings is 3. The van der Waals surface area contributed by atoms with E-state index in [0.29, 0.717) is 18.7 Å². The lowest BCUT2D eigenvalue weighted by molar-refractivity contribution is -0.154. The number of hydrogen-bond acceptors (Lipinski definition) is 4. The molecule has 0 saturated heterocycles. The highest BCUT2D eigenvalue weighted by Gasteiger charge is 2.46. The van der Waals surface area contributed by atoms with Crippen LogP contribution in [-0.4, -0.2) is 29.8 Å². The van der Waals surface area contributed by atoms with Crippen LogP contribution in [0.1, 0.15) is 35.3 Å². The predicted molar refractivity (Wildman–Crippen MR) is 122 cm³/mol. The molecular weight excluding hydrogens is 386 g/mol. The van der Waals surface area contributed by atoms with Gasteiger partial charge in [0.1, 0.15) is 0 Å². The number of ether oxygens (including phenoxy) is 1. The third-order valence-electron chi connectivity index (χ3n) is 5.52. The van der Waals surface area contributed by atoms with Crippen LogP contribution in [0.15, 0.2) is 91.0 Å². The summed E-state index contributed by atoms with van der Waals surface area (Å²) in [5.41, 5.74) is 1.68. The van der Waals surface area contributed by atoms with Gasteiger partial charge in [-0.2, -0.15) is 0 Å². The van der Waals surface area contributed by atoms with E-state index in [4.69, 9.17) is 4.74 Å². The van der Waals surface area contributed by atoms with Gasteiger partial charge in [0.05, 0.1) is 18.6 Å². The summed E-state index contributed by atoms with van der Waals surface area (Å²) in [6.45, 7) is 4.62. The molecule has 4 nitrogen and oxygen atoms in total. The lowest BCUT2D eigenvalue weighted by atomic mass is 9.78. The molecule has 160 valence electrons. The van der Waals surface area contributed by atoms with Crippen LogP contribution in [-0.2, 0) is 22.6 Å². The normalized spacial score (nSPS) is 12.4. The molecule has 3 aromatic rings. The molecule has 0 N–H and O–H groups in total. The Kier molecular flexibility index (Phi) is 7.37. The molecule has 1 unspecified atom stereocenters. The van der Waals surface area contributed by atoms with E-state index in [0.717, 1.165) is 11.1 Å². The van der Waals surface area contributed by atoms with Crippen LogP contribution in [0.25, 0.3) is 0 Å². The van der Waals surface area contributed by atoms with Crippen molar-refractivity contribution in [1.82, 2.24) is 4.90 Å². The van der Waals surface area contributed by atoms with Gasteiger partial charge in [0.25, 0.3) is 0 Å². The Bertz CT molecular complexity index is 943. The molecule has 0 amide bonds. The molecule has 0 aliphatic carbocycles. The van der Waals surface area contributed by atoms with Crippen LogP contribution in [0, 0.1) is 5.41 Å². The number of carbonyl (C=O) groups excluding carboxylic acids is 2. The van der Waals surface area contributed by atoms with Crippen LogP contribution in [0.2, 0.25) is 0 Å². The molecular formula is C27H29NO3. The summed E-state index contributed by atoms with van der Waals surface area (Å²) in [5, 5.41) is 0. The molecule has 0 spiro atoms. The molecule has 0 aliphatic heterocycles. The number of methoxy groups -OCH3 is 1. The molecule has 0 radical (unpaired) electrons. The monoisotopic (exact) mass is 415 g/mol. The Labute approximate surface area is 184 Å². The highest BCUT2D eigenvalue weighted by molar-refractivity contribution is 6.03. The highest BCUT2D eigenvalue weighted by Crippen LogP contribution is 2.32. The lowest BCUT2D eigenvalue weighted by Gasteiger charge is -2.39. The van der Waals surface area contributed by atoms with Crippen LogP contribution in [0.5, 0.6) is 0 Å². The molecule has 0 fully saturated rings. The van der Waals surface area contributed by atoms with E-state index in [2.05, 4.69) is 4.90 Å². The number of Topliss-reactive ketones (excluding diaryl/α,β-unsaturated/α-hetero) is 1. The first-order valence-corrected chi connectivity index (χ1v) is 10.4. The van der Waals surface area contributed by atoms with Crippen LogP contribution >= 0.6 is 0 Å². The minimum absolute atomic E-state index is 0.0946. The zero-order valence-electron chi connectivity index (χ0n) is 18.3. The SMILES string of the molecule is COC(=O)C(C)(C)C(C(=O)c1ccccc1)N(Cc1ccccc1)Cc1ccccc1. The Morgan fingerprint density at radius 1 is 0.774 bits per heavy atom. The van der Waals surface area contributed by atoms with Crippen molar-refractivity contribution < 1.29 is 14.3 Å². The maximum absolute atomic E-state index is 13.8. The fraction of sp³-hybridized carbons (Fsp3) is 0.259. The number of carbonyl (C=O) groups is 2. The number of nitrogens with zero attached hydrogens (tertiary/aromatic N) is 1. The van der Waals surface area contributed by atoms with E-state index < -0.39 is 17.4 Å². The van der Waals surface area contributed by atoms with Crippen LogP contribution < -0.4 is 0 Å². The van der Waals surface area contributed by atoms with Gasteiger partial charge in [-0.25, -0.2) is 0 Å². The Balaban J connectivity index is 2.08. The summed E-state index contributed by atoms with van der Waals surface area (Å²) in [6.07, 6.45) is 0. The summed E-state index contributed by atoms with van der Waals surface area (Å²) in [6, 6.07) is 28.5. The van der Waals surface area contributed by atoms with Crippen LogP contribution in [0.3, 0.4) is 0 Å². The van der Waals surface area contributed by atoms with Gasteiger partial charge in [0.15, 0.2) is 5.78 Å². The lowest BCUT2D eigenvalue weighted by Crippen LogP contribution is -2.53. The second kappa shape index (κ2) is 10.2. The van der Waals surface area contributed by atoms with Crippen molar-refractivity contribution in [1.29, 1.82) is 0 Å². The van der Waals surface area contributed by atoms with Crippen molar-refractivity contribution in [3.05, 3.63) is 108 Å². The third kappa shape index (κ3) is 5.47. The van der Waals surface area contributed by atoms with Gasteiger partial charge in [-0.1, -0.05) is 91.0 Å². The molecule has 0 aromatic heterocycles. The topological polar surface area (TPSA) is 46.6 Å². The molecule has 31 heavy (non-hydrogen) atoms. The summed E-state index contributed by atoms with van der Waals surface area (Å²) in [5.74, 6) is -0.504. The number of esters is 1. The van der Waals surface area contributed by atoms with Crippen molar-refractivity contribution in [2.24, 2.45) is 5.41 Å². The second-order valence-electron chi connectivity index (χ2n) is 8.22. The fourth-order valence-corrected chi connectivity index (χ4v) is 3.96. The standard InChI is InChI=1S/C27H29NO3/c1-27(2,26(30)31-3)25(24(29)23-17-11-6-12-18-23)28(19-21-13-7-4-8-14-21)20-22-15-9-5-10-16-22/h4-18,25H,19-20H2,1-3H3. The zero-order valence-corrected chi connectivity index (χ0v) is 18.3. The zero-order chi connectivity index (χ0) is 22.3. The first-order chi connectivity index (χ1) is 14.9. The molecule has 4 heteroatoms. The van der Waals surface area contributed by atoms with Crippen molar-refractivity contribution in [3.8, 4) is 0 Å². The largest absolute Gasteiger partial charge is 0.469 e. The predicted octanol–water partition coefficient (Wildman–Crippen LogP) is 5.14. The number of ketones is 1. The van der Waals surface area contributed by atoms with Crippen molar-refractivity contribution in [2.45, 2.75) is 33.0 Å². The van der Waals surface area contributed by atoms with Gasteiger partial charge in [-0.05, 0) is 25.0 Å². The second-order valence-corrected chi connectivity index (χ2v) is 8.22. The van der Waals surface area contributed by atoms with Gasteiger partial charge < -0.3 is 4.74 Å². The minimum Gasteiger partial charge on any atom is -0.469 e. The average molecular weight is 416 g/mol. The van der Waals surface area contributed by atoms with Crippen molar-refractivity contribution in [2.75, 3.05) is 7.11 Å². The minimum atomic E-state index is -1.05. The molecule has 3 aromatic carbocycles. The average Bonchev–Trinajstić information content (AvgIpc) is 2.80. The van der Waals surface area contributed by atoms with Gasteiger partial charge in [-0.15, -0.1) is 0 Å². The smallest absolute Gasteiger partial charge is 0.313 e. The maximum atomic E-state index is 13.8. The third-order valence-corrected chi connectivity index (χ3v) is 5.52. The van der Waals surface area contributed by atoms with E-state index in [-0.39, 0.29) is 5.78 Å². The van der Waals surface area contributed by atoms with Gasteiger partial charge >= 0.3 is 5.97 Å². The van der Waals surface area contributed by atoms with E-state index in [9.17, 15) is 9.59 Å². The molecule has 0 aliphatic rings. The Hall–Kier alpha value is -3.24. The quantitative estimate of drug-likeness (QED) is 0.359. The first-order valence-electron chi connectivity index (χ1n) is 10.4. The van der Waals surface area contributed by atoms with E-state index in [1.165, 1.54) is 7.11 Å². The maximum Gasteiger partial charge on any atom is 0.313 e. The summed E-state index contributed by atoms with van der Waals surface area (Å²) >= 11 is 0. The van der Waals surface area contributed by atoms with Crippen molar-refractivity contribution >= 4 is 11.8 Å².